The number of nitrogens with one attached hydrogen (secondary N) is 2. The fourth-order valence-electron chi connectivity index (χ4n) is 1.89. The average Bonchev–Trinajstić information content (AvgIpc) is 2.47. The fourth-order valence-corrected chi connectivity index (χ4v) is 2.29. The van der Waals surface area contributed by atoms with E-state index in [-0.39, 0.29) is 12.5 Å². The maximum atomic E-state index is 12.1. The van der Waals surface area contributed by atoms with Crippen molar-refractivity contribution in [1.82, 2.24) is 0 Å². The van der Waals surface area contributed by atoms with E-state index in [2.05, 4.69) is 26.6 Å². The van der Waals surface area contributed by atoms with Gasteiger partial charge in [0.05, 0.1) is 6.61 Å². The minimum absolute atomic E-state index is 0.0197. The van der Waals surface area contributed by atoms with E-state index < -0.39 is 6.04 Å². The lowest BCUT2D eigenvalue weighted by atomic mass is 10.2. The summed E-state index contributed by atoms with van der Waals surface area (Å²) in [7, 11) is 0. The first kappa shape index (κ1) is 15.5. The lowest BCUT2D eigenvalue weighted by Gasteiger charge is -2.16. The Bertz CT molecular complexity index is 631. The summed E-state index contributed by atoms with van der Waals surface area (Å²) in [5.41, 5.74) is 2.35. The van der Waals surface area contributed by atoms with Crippen molar-refractivity contribution in [2.24, 2.45) is 0 Å². The van der Waals surface area contributed by atoms with E-state index in [0.717, 1.165) is 21.4 Å². The van der Waals surface area contributed by atoms with Crippen LogP contribution < -0.4 is 10.6 Å². The summed E-state index contributed by atoms with van der Waals surface area (Å²) >= 11 is 3.37. The third-order valence-corrected chi connectivity index (χ3v) is 3.47. The van der Waals surface area contributed by atoms with Crippen LogP contribution in [0.2, 0.25) is 0 Å². The Kier molecular flexibility index (Phi) is 5.36. The van der Waals surface area contributed by atoms with Crippen LogP contribution in [0.1, 0.15) is 12.5 Å². The molecule has 3 N–H and O–H groups in total. The molecule has 0 saturated heterocycles. The van der Waals surface area contributed by atoms with Gasteiger partial charge in [-0.15, -0.1) is 0 Å². The summed E-state index contributed by atoms with van der Waals surface area (Å²) < 4.78 is 0.913. The minimum Gasteiger partial charge on any atom is -0.392 e. The molecule has 2 aromatic rings. The van der Waals surface area contributed by atoms with Gasteiger partial charge in [-0.25, -0.2) is 0 Å². The Hall–Kier alpha value is -1.85. The minimum atomic E-state index is -0.391. The smallest absolute Gasteiger partial charge is 0.246 e. The predicted octanol–water partition coefficient (Wildman–Crippen LogP) is 3.38. The van der Waals surface area contributed by atoms with Crippen LogP contribution in [0, 0.1) is 0 Å². The highest BCUT2D eigenvalue weighted by Crippen LogP contribution is 2.17. The number of anilines is 2. The van der Waals surface area contributed by atoms with E-state index >= 15 is 0 Å². The van der Waals surface area contributed by atoms with Gasteiger partial charge in [0, 0.05) is 15.8 Å². The van der Waals surface area contributed by atoms with Gasteiger partial charge in [-0.1, -0.05) is 34.1 Å². The number of amides is 1. The maximum absolute atomic E-state index is 12.1. The van der Waals surface area contributed by atoms with Crippen molar-refractivity contribution in [2.75, 3.05) is 10.6 Å². The number of halogens is 1. The van der Waals surface area contributed by atoms with Crippen LogP contribution in [0.3, 0.4) is 0 Å². The van der Waals surface area contributed by atoms with Gasteiger partial charge in [0.25, 0.3) is 0 Å². The summed E-state index contributed by atoms with van der Waals surface area (Å²) in [4.78, 5) is 12.1. The third kappa shape index (κ3) is 4.58. The van der Waals surface area contributed by atoms with Gasteiger partial charge in [0.2, 0.25) is 5.91 Å². The lowest BCUT2D eigenvalue weighted by Crippen LogP contribution is -2.31. The number of aliphatic hydroxyl groups excluding tert-OH is 1. The van der Waals surface area contributed by atoms with Gasteiger partial charge in [-0.3, -0.25) is 4.79 Å². The van der Waals surface area contributed by atoms with E-state index in [1.54, 1.807) is 6.92 Å². The summed E-state index contributed by atoms with van der Waals surface area (Å²) in [6.45, 7) is 1.77. The highest BCUT2D eigenvalue weighted by molar-refractivity contribution is 9.10. The highest BCUT2D eigenvalue weighted by atomic mass is 79.9. The van der Waals surface area contributed by atoms with Crippen LogP contribution in [-0.4, -0.2) is 17.1 Å². The molecule has 110 valence electrons. The first-order valence-corrected chi connectivity index (χ1v) is 7.40. The van der Waals surface area contributed by atoms with Crippen LogP contribution in [0.15, 0.2) is 53.0 Å². The fraction of sp³-hybridized carbons (Fsp3) is 0.188. The van der Waals surface area contributed by atoms with E-state index in [1.165, 1.54) is 0 Å². The van der Waals surface area contributed by atoms with Crippen LogP contribution >= 0.6 is 15.9 Å². The largest absolute Gasteiger partial charge is 0.392 e. The summed E-state index contributed by atoms with van der Waals surface area (Å²) in [6.07, 6.45) is 0. The van der Waals surface area contributed by atoms with Crippen molar-refractivity contribution in [3.8, 4) is 0 Å². The topological polar surface area (TPSA) is 61.4 Å². The molecule has 2 rings (SSSR count). The number of hydrogen-bond acceptors (Lipinski definition) is 3. The van der Waals surface area contributed by atoms with Crippen molar-refractivity contribution < 1.29 is 9.90 Å². The normalized spacial score (nSPS) is 11.8. The Morgan fingerprint density at radius 3 is 2.62 bits per heavy atom. The number of rotatable bonds is 5. The SMILES string of the molecule is CC(Nc1cccc(CO)c1)C(=O)Nc1cccc(Br)c1. The lowest BCUT2D eigenvalue weighted by molar-refractivity contribution is -0.116. The molecular weight excluding hydrogens is 332 g/mol. The number of hydrogen-bond donors (Lipinski definition) is 3. The molecule has 1 unspecified atom stereocenters. The number of benzene rings is 2. The Morgan fingerprint density at radius 2 is 1.90 bits per heavy atom. The van der Waals surface area contributed by atoms with Crippen LogP contribution in [0.4, 0.5) is 11.4 Å². The van der Waals surface area contributed by atoms with E-state index in [0.29, 0.717) is 0 Å². The summed E-state index contributed by atoms with van der Waals surface area (Å²) in [5, 5.41) is 15.1. The molecule has 5 heteroatoms. The standard InChI is InChI=1S/C16H17BrN2O2/c1-11(18-14-6-2-4-12(8-14)10-20)16(21)19-15-7-3-5-13(17)9-15/h2-9,11,18,20H,10H2,1H3,(H,19,21). The van der Waals surface area contributed by atoms with Crippen molar-refractivity contribution in [1.29, 1.82) is 0 Å². The van der Waals surface area contributed by atoms with E-state index in [1.807, 2.05) is 48.5 Å². The van der Waals surface area contributed by atoms with E-state index in [4.69, 9.17) is 5.11 Å². The van der Waals surface area contributed by atoms with Gasteiger partial charge >= 0.3 is 0 Å². The van der Waals surface area contributed by atoms with Crippen LogP contribution in [0.5, 0.6) is 0 Å². The predicted molar refractivity (Wildman–Crippen MR) is 88.2 cm³/mol. The first-order valence-electron chi connectivity index (χ1n) is 6.61. The molecule has 1 atom stereocenters. The molecule has 0 aromatic heterocycles. The summed E-state index contributed by atoms with van der Waals surface area (Å²) in [5.74, 6) is -0.123. The van der Waals surface area contributed by atoms with Gasteiger partial charge in [0.15, 0.2) is 0 Å². The molecule has 0 saturated carbocycles. The average molecular weight is 349 g/mol. The van der Waals surface area contributed by atoms with Crippen molar-refractivity contribution in [3.63, 3.8) is 0 Å². The molecule has 0 aliphatic carbocycles. The highest BCUT2D eigenvalue weighted by Gasteiger charge is 2.13. The Labute approximate surface area is 132 Å². The molecule has 0 radical (unpaired) electrons. The van der Waals surface area contributed by atoms with Gasteiger partial charge in [-0.2, -0.15) is 0 Å². The molecule has 0 aliphatic rings. The molecule has 4 nitrogen and oxygen atoms in total. The molecule has 21 heavy (non-hydrogen) atoms. The quantitative estimate of drug-likeness (QED) is 0.776. The number of aliphatic hydroxyl groups is 1. The van der Waals surface area contributed by atoms with Gasteiger partial charge < -0.3 is 15.7 Å². The number of carbonyl (C=O) groups is 1. The zero-order valence-electron chi connectivity index (χ0n) is 11.6. The molecule has 0 heterocycles. The van der Waals surface area contributed by atoms with Crippen LogP contribution in [-0.2, 0) is 11.4 Å². The zero-order valence-corrected chi connectivity index (χ0v) is 13.2. The molecular formula is C16H17BrN2O2. The Balaban J connectivity index is 1.99. The Morgan fingerprint density at radius 1 is 1.19 bits per heavy atom. The van der Waals surface area contributed by atoms with Crippen molar-refractivity contribution in [2.45, 2.75) is 19.6 Å². The molecule has 0 aliphatic heterocycles. The van der Waals surface area contributed by atoms with Gasteiger partial charge in [0.1, 0.15) is 6.04 Å². The van der Waals surface area contributed by atoms with E-state index in [9.17, 15) is 4.79 Å². The van der Waals surface area contributed by atoms with Crippen LogP contribution in [0.25, 0.3) is 0 Å². The number of carbonyl (C=O) groups excluding carboxylic acids is 1. The molecule has 0 bridgehead atoms. The molecule has 0 spiro atoms. The third-order valence-electron chi connectivity index (χ3n) is 2.98. The molecule has 0 fully saturated rings. The molecule has 2 aromatic carbocycles. The first-order chi connectivity index (χ1) is 10.1. The second-order valence-electron chi connectivity index (χ2n) is 4.72. The van der Waals surface area contributed by atoms with Crippen molar-refractivity contribution in [3.05, 3.63) is 58.6 Å². The second-order valence-corrected chi connectivity index (χ2v) is 5.64. The molecule has 1 amide bonds. The van der Waals surface area contributed by atoms with Gasteiger partial charge in [-0.05, 0) is 42.8 Å². The second kappa shape index (κ2) is 7.24. The maximum Gasteiger partial charge on any atom is 0.246 e. The zero-order chi connectivity index (χ0) is 15.2. The summed E-state index contributed by atoms with van der Waals surface area (Å²) in [6, 6.07) is 14.4. The van der Waals surface area contributed by atoms with Crippen molar-refractivity contribution >= 4 is 33.2 Å². The monoisotopic (exact) mass is 348 g/mol.